The molecule has 0 unspecified atom stereocenters. The first-order valence-electron chi connectivity index (χ1n) is 8.21. The molecule has 0 radical (unpaired) electrons. The SMILES string of the molecule is CCOc1ccc(OCC(=O)N2CCC(NC(=O)C(Cl)Cl)CC2)cc1. The van der Waals surface area contributed by atoms with Gasteiger partial charge in [-0.2, -0.15) is 0 Å². The van der Waals surface area contributed by atoms with E-state index in [2.05, 4.69) is 5.32 Å². The number of carbonyl (C=O) groups is 2. The summed E-state index contributed by atoms with van der Waals surface area (Å²) in [5.41, 5.74) is 0. The van der Waals surface area contributed by atoms with E-state index in [1.165, 1.54) is 0 Å². The molecule has 1 aromatic rings. The minimum absolute atomic E-state index is 0.0106. The molecule has 1 aromatic carbocycles. The van der Waals surface area contributed by atoms with E-state index in [1.807, 2.05) is 6.92 Å². The predicted molar refractivity (Wildman–Crippen MR) is 96.3 cm³/mol. The Morgan fingerprint density at radius 1 is 1.16 bits per heavy atom. The summed E-state index contributed by atoms with van der Waals surface area (Å²) >= 11 is 11.0. The second kappa shape index (κ2) is 9.73. The van der Waals surface area contributed by atoms with Crippen LogP contribution in [-0.4, -0.2) is 53.9 Å². The van der Waals surface area contributed by atoms with Crippen LogP contribution in [0, 0.1) is 0 Å². The molecule has 8 heteroatoms. The van der Waals surface area contributed by atoms with Crippen molar-refractivity contribution in [1.29, 1.82) is 0 Å². The number of hydrogen-bond acceptors (Lipinski definition) is 4. The highest BCUT2D eigenvalue weighted by molar-refractivity contribution is 6.53. The summed E-state index contributed by atoms with van der Waals surface area (Å²) in [4.78, 5) is 24.4. The Kier molecular flexibility index (Phi) is 7.65. The van der Waals surface area contributed by atoms with Gasteiger partial charge in [-0.25, -0.2) is 0 Å². The van der Waals surface area contributed by atoms with Gasteiger partial charge in [0.2, 0.25) is 0 Å². The van der Waals surface area contributed by atoms with Gasteiger partial charge in [-0.05, 0) is 44.0 Å². The standard InChI is InChI=1S/C17H22Cl2N2O4/c1-2-24-13-3-5-14(6-4-13)25-11-15(22)21-9-7-12(8-10-21)20-17(23)16(18)19/h3-6,12,16H,2,7-11H2,1H3,(H,20,23). The summed E-state index contributed by atoms with van der Waals surface area (Å²) in [6.45, 7) is 3.63. The van der Waals surface area contributed by atoms with E-state index in [4.69, 9.17) is 32.7 Å². The molecule has 0 spiro atoms. The van der Waals surface area contributed by atoms with E-state index in [-0.39, 0.29) is 18.6 Å². The maximum absolute atomic E-state index is 12.2. The number of alkyl halides is 2. The Hall–Kier alpha value is -1.66. The van der Waals surface area contributed by atoms with Crippen LogP contribution in [0.15, 0.2) is 24.3 Å². The van der Waals surface area contributed by atoms with Crippen molar-refractivity contribution in [2.45, 2.75) is 30.6 Å². The van der Waals surface area contributed by atoms with Crippen LogP contribution < -0.4 is 14.8 Å². The highest BCUT2D eigenvalue weighted by Crippen LogP contribution is 2.18. The molecule has 0 atom stereocenters. The Morgan fingerprint density at radius 2 is 1.72 bits per heavy atom. The number of hydrogen-bond donors (Lipinski definition) is 1. The van der Waals surface area contributed by atoms with E-state index in [9.17, 15) is 9.59 Å². The van der Waals surface area contributed by atoms with Gasteiger partial charge < -0.3 is 19.7 Å². The largest absolute Gasteiger partial charge is 0.494 e. The molecule has 0 aromatic heterocycles. The average Bonchev–Trinajstić information content (AvgIpc) is 2.61. The summed E-state index contributed by atoms with van der Waals surface area (Å²) in [5.74, 6) is 0.911. The fourth-order valence-corrected chi connectivity index (χ4v) is 2.70. The van der Waals surface area contributed by atoms with Crippen molar-refractivity contribution in [3.8, 4) is 11.5 Å². The van der Waals surface area contributed by atoms with Crippen LogP contribution in [0.3, 0.4) is 0 Å². The molecular weight excluding hydrogens is 367 g/mol. The minimum Gasteiger partial charge on any atom is -0.494 e. The fourth-order valence-electron chi connectivity index (χ4n) is 2.57. The molecule has 0 aliphatic carbocycles. The first-order valence-corrected chi connectivity index (χ1v) is 9.09. The maximum atomic E-state index is 12.2. The van der Waals surface area contributed by atoms with Crippen molar-refractivity contribution in [2.24, 2.45) is 0 Å². The fraction of sp³-hybridized carbons (Fsp3) is 0.529. The van der Waals surface area contributed by atoms with Crippen LogP contribution in [0.2, 0.25) is 0 Å². The van der Waals surface area contributed by atoms with Crippen LogP contribution in [0.4, 0.5) is 0 Å². The van der Waals surface area contributed by atoms with Gasteiger partial charge in [-0.1, -0.05) is 23.2 Å². The maximum Gasteiger partial charge on any atom is 0.260 e. The number of nitrogens with zero attached hydrogens (tertiary/aromatic N) is 1. The normalized spacial score (nSPS) is 15.1. The first kappa shape index (κ1) is 19.7. The van der Waals surface area contributed by atoms with E-state index < -0.39 is 10.7 Å². The summed E-state index contributed by atoms with van der Waals surface area (Å²) in [7, 11) is 0. The molecule has 1 heterocycles. The lowest BCUT2D eigenvalue weighted by Crippen LogP contribution is -2.48. The van der Waals surface area contributed by atoms with Gasteiger partial charge in [0.25, 0.3) is 11.8 Å². The lowest BCUT2D eigenvalue weighted by molar-refractivity contribution is -0.134. The highest BCUT2D eigenvalue weighted by Gasteiger charge is 2.25. The quantitative estimate of drug-likeness (QED) is 0.728. The number of piperidine rings is 1. The lowest BCUT2D eigenvalue weighted by atomic mass is 10.1. The van der Waals surface area contributed by atoms with Crippen molar-refractivity contribution in [3.63, 3.8) is 0 Å². The molecule has 0 bridgehead atoms. The zero-order chi connectivity index (χ0) is 18.2. The second-order valence-electron chi connectivity index (χ2n) is 5.66. The zero-order valence-corrected chi connectivity index (χ0v) is 15.6. The number of ether oxygens (including phenoxy) is 2. The van der Waals surface area contributed by atoms with Crippen LogP contribution in [-0.2, 0) is 9.59 Å². The Balaban J connectivity index is 1.72. The van der Waals surface area contributed by atoms with Gasteiger partial charge in [-0.3, -0.25) is 9.59 Å². The van der Waals surface area contributed by atoms with E-state index in [0.717, 1.165) is 5.75 Å². The zero-order valence-electron chi connectivity index (χ0n) is 14.0. The predicted octanol–water partition coefficient (Wildman–Crippen LogP) is 2.38. The van der Waals surface area contributed by atoms with Crippen LogP contribution in [0.1, 0.15) is 19.8 Å². The molecule has 1 aliphatic rings. The second-order valence-corrected chi connectivity index (χ2v) is 6.75. The van der Waals surface area contributed by atoms with Crippen molar-refractivity contribution >= 4 is 35.0 Å². The summed E-state index contributed by atoms with van der Waals surface area (Å²) in [6.07, 6.45) is 1.34. The Morgan fingerprint density at radius 3 is 2.24 bits per heavy atom. The number of halogens is 2. The molecule has 1 saturated heterocycles. The molecule has 2 rings (SSSR count). The molecule has 0 saturated carbocycles. The van der Waals surface area contributed by atoms with Gasteiger partial charge in [-0.15, -0.1) is 0 Å². The van der Waals surface area contributed by atoms with Crippen molar-refractivity contribution in [1.82, 2.24) is 10.2 Å². The van der Waals surface area contributed by atoms with E-state index >= 15 is 0 Å². The molecular formula is C17H22Cl2N2O4. The number of amides is 2. The van der Waals surface area contributed by atoms with Gasteiger partial charge in [0.1, 0.15) is 11.5 Å². The first-order chi connectivity index (χ1) is 12.0. The number of rotatable bonds is 7. The summed E-state index contributed by atoms with van der Waals surface area (Å²) < 4.78 is 10.9. The van der Waals surface area contributed by atoms with Gasteiger partial charge in [0.15, 0.2) is 11.4 Å². The minimum atomic E-state index is -1.07. The number of likely N-dealkylation sites (tertiary alicyclic amines) is 1. The topological polar surface area (TPSA) is 67.9 Å². The van der Waals surface area contributed by atoms with Crippen molar-refractivity contribution < 1.29 is 19.1 Å². The monoisotopic (exact) mass is 388 g/mol. The van der Waals surface area contributed by atoms with Crippen LogP contribution in [0.5, 0.6) is 11.5 Å². The van der Waals surface area contributed by atoms with Crippen molar-refractivity contribution in [2.75, 3.05) is 26.3 Å². The van der Waals surface area contributed by atoms with Gasteiger partial charge in [0, 0.05) is 19.1 Å². The number of carbonyl (C=O) groups excluding carboxylic acids is 2. The lowest BCUT2D eigenvalue weighted by Gasteiger charge is -2.32. The third-order valence-corrected chi connectivity index (χ3v) is 4.29. The smallest absolute Gasteiger partial charge is 0.260 e. The average molecular weight is 389 g/mol. The third-order valence-electron chi connectivity index (χ3n) is 3.89. The Bertz CT molecular complexity index is 573. The highest BCUT2D eigenvalue weighted by atomic mass is 35.5. The van der Waals surface area contributed by atoms with Crippen LogP contribution in [0.25, 0.3) is 0 Å². The summed E-state index contributed by atoms with van der Waals surface area (Å²) in [5, 5.41) is 2.77. The van der Waals surface area contributed by atoms with Gasteiger partial charge in [0.05, 0.1) is 6.61 Å². The van der Waals surface area contributed by atoms with Gasteiger partial charge >= 0.3 is 0 Å². The molecule has 1 fully saturated rings. The van der Waals surface area contributed by atoms with Crippen molar-refractivity contribution in [3.05, 3.63) is 24.3 Å². The molecule has 25 heavy (non-hydrogen) atoms. The number of nitrogens with one attached hydrogen (secondary N) is 1. The third kappa shape index (κ3) is 6.29. The molecule has 138 valence electrons. The molecule has 6 nitrogen and oxygen atoms in total. The Labute approximate surface area is 157 Å². The summed E-state index contributed by atoms with van der Waals surface area (Å²) in [6, 6.07) is 7.14. The van der Waals surface area contributed by atoms with E-state index in [0.29, 0.717) is 38.3 Å². The molecule has 1 aliphatic heterocycles. The molecule has 1 N–H and O–H groups in total. The number of benzene rings is 1. The molecule has 2 amide bonds. The van der Waals surface area contributed by atoms with Crippen LogP contribution >= 0.6 is 23.2 Å². The van der Waals surface area contributed by atoms with E-state index in [1.54, 1.807) is 29.2 Å².